The SMILES string of the molecule is CC(C)N1CCN(C(=O)CCCN2C(=O)c3cccc4cccc(c34)C2=O)CC1. The molecule has 2 heterocycles. The van der Waals surface area contributed by atoms with Crippen LogP contribution in [0.5, 0.6) is 0 Å². The van der Waals surface area contributed by atoms with E-state index in [0.29, 0.717) is 30.0 Å². The molecule has 0 aromatic heterocycles. The van der Waals surface area contributed by atoms with Crippen molar-refractivity contribution in [3.8, 4) is 0 Å². The summed E-state index contributed by atoms with van der Waals surface area (Å²) in [6.07, 6.45) is 0.837. The lowest BCUT2D eigenvalue weighted by atomic mass is 9.94. The normalized spacial score (nSPS) is 17.5. The van der Waals surface area contributed by atoms with Crippen molar-refractivity contribution in [1.29, 1.82) is 0 Å². The summed E-state index contributed by atoms with van der Waals surface area (Å²) in [6, 6.07) is 11.5. The summed E-state index contributed by atoms with van der Waals surface area (Å²) >= 11 is 0. The Bertz CT molecular complexity index is 910. The van der Waals surface area contributed by atoms with Crippen LogP contribution < -0.4 is 0 Å². The quantitative estimate of drug-likeness (QED) is 0.733. The van der Waals surface area contributed by atoms with Gasteiger partial charge in [-0.1, -0.05) is 24.3 Å². The Balaban J connectivity index is 1.38. The third kappa shape index (κ3) is 3.65. The Labute approximate surface area is 171 Å². The molecule has 4 rings (SSSR count). The van der Waals surface area contributed by atoms with E-state index in [2.05, 4.69) is 18.7 Å². The van der Waals surface area contributed by atoms with Crippen molar-refractivity contribution in [3.05, 3.63) is 47.5 Å². The van der Waals surface area contributed by atoms with Gasteiger partial charge in [0, 0.05) is 61.7 Å². The molecular weight excluding hydrogens is 366 g/mol. The molecule has 6 nitrogen and oxygen atoms in total. The van der Waals surface area contributed by atoms with Crippen molar-refractivity contribution in [2.24, 2.45) is 0 Å². The van der Waals surface area contributed by atoms with Crippen LogP contribution in [0.1, 0.15) is 47.4 Å². The van der Waals surface area contributed by atoms with Crippen molar-refractivity contribution < 1.29 is 14.4 Å². The Morgan fingerprint density at radius 3 is 2.07 bits per heavy atom. The Kier molecular flexibility index (Phi) is 5.37. The van der Waals surface area contributed by atoms with E-state index < -0.39 is 0 Å². The highest BCUT2D eigenvalue weighted by Gasteiger charge is 2.32. The first-order chi connectivity index (χ1) is 14.0. The van der Waals surface area contributed by atoms with E-state index in [4.69, 9.17) is 0 Å². The number of rotatable bonds is 5. The molecule has 2 aromatic carbocycles. The molecule has 0 spiro atoms. The number of carbonyl (C=O) groups excluding carboxylic acids is 3. The van der Waals surface area contributed by atoms with Crippen LogP contribution in [0.2, 0.25) is 0 Å². The fourth-order valence-electron chi connectivity index (χ4n) is 4.32. The van der Waals surface area contributed by atoms with Crippen LogP contribution in [-0.4, -0.2) is 71.2 Å². The molecule has 6 heteroatoms. The highest BCUT2D eigenvalue weighted by atomic mass is 16.2. The Hall–Kier alpha value is -2.73. The average Bonchev–Trinajstić information content (AvgIpc) is 2.74. The number of imide groups is 1. The fraction of sp³-hybridized carbons (Fsp3) is 0.435. The van der Waals surface area contributed by atoms with Gasteiger partial charge in [0.25, 0.3) is 11.8 Å². The molecule has 3 amide bonds. The topological polar surface area (TPSA) is 60.9 Å². The minimum absolute atomic E-state index is 0.104. The molecular formula is C23H27N3O3. The van der Waals surface area contributed by atoms with Gasteiger partial charge in [-0.2, -0.15) is 0 Å². The van der Waals surface area contributed by atoms with Crippen LogP contribution >= 0.6 is 0 Å². The van der Waals surface area contributed by atoms with Gasteiger partial charge in [-0.25, -0.2) is 0 Å². The fourth-order valence-corrected chi connectivity index (χ4v) is 4.32. The van der Waals surface area contributed by atoms with Gasteiger partial charge in [0.2, 0.25) is 5.91 Å². The standard InChI is InChI=1S/C23H27N3O3/c1-16(2)24-12-14-25(15-13-24)20(27)10-5-11-26-22(28)18-8-3-6-17-7-4-9-19(21(17)18)23(26)29/h3-4,6-9,16H,5,10-15H2,1-2H3. The van der Waals surface area contributed by atoms with Gasteiger partial charge in [0.1, 0.15) is 0 Å². The van der Waals surface area contributed by atoms with E-state index in [1.807, 2.05) is 29.2 Å². The molecule has 0 N–H and O–H groups in total. The zero-order valence-electron chi connectivity index (χ0n) is 17.1. The summed E-state index contributed by atoms with van der Waals surface area (Å²) in [5.41, 5.74) is 1.13. The lowest BCUT2D eigenvalue weighted by Gasteiger charge is -2.37. The molecule has 0 bridgehead atoms. The van der Waals surface area contributed by atoms with Crippen molar-refractivity contribution in [2.45, 2.75) is 32.7 Å². The molecule has 0 atom stereocenters. The average molecular weight is 393 g/mol. The van der Waals surface area contributed by atoms with Gasteiger partial charge in [-0.3, -0.25) is 24.2 Å². The third-order valence-electron chi connectivity index (χ3n) is 6.03. The second kappa shape index (κ2) is 7.95. The van der Waals surface area contributed by atoms with Crippen LogP contribution in [0.25, 0.3) is 10.8 Å². The largest absolute Gasteiger partial charge is 0.340 e. The van der Waals surface area contributed by atoms with E-state index >= 15 is 0 Å². The van der Waals surface area contributed by atoms with E-state index in [1.165, 1.54) is 4.90 Å². The number of hydrogen-bond acceptors (Lipinski definition) is 4. The third-order valence-corrected chi connectivity index (χ3v) is 6.03. The molecule has 0 radical (unpaired) electrons. The van der Waals surface area contributed by atoms with Crippen LogP contribution in [0.3, 0.4) is 0 Å². The van der Waals surface area contributed by atoms with Gasteiger partial charge in [0.05, 0.1) is 0 Å². The Morgan fingerprint density at radius 1 is 0.931 bits per heavy atom. The van der Waals surface area contributed by atoms with Gasteiger partial charge in [-0.05, 0) is 37.8 Å². The van der Waals surface area contributed by atoms with Crippen molar-refractivity contribution in [2.75, 3.05) is 32.7 Å². The van der Waals surface area contributed by atoms with Crippen molar-refractivity contribution in [1.82, 2.24) is 14.7 Å². The van der Waals surface area contributed by atoms with E-state index in [-0.39, 0.29) is 24.3 Å². The minimum atomic E-state index is -0.266. The molecule has 1 fully saturated rings. The predicted octanol–water partition coefficient (Wildman–Crippen LogP) is 2.77. The van der Waals surface area contributed by atoms with E-state index in [9.17, 15) is 14.4 Å². The summed E-state index contributed by atoms with van der Waals surface area (Å²) in [7, 11) is 0. The first kappa shape index (κ1) is 19.6. The first-order valence-electron chi connectivity index (χ1n) is 10.4. The molecule has 2 aliphatic rings. The Morgan fingerprint density at radius 2 is 1.52 bits per heavy atom. The van der Waals surface area contributed by atoms with E-state index in [0.717, 1.165) is 37.0 Å². The second-order valence-electron chi connectivity index (χ2n) is 8.09. The van der Waals surface area contributed by atoms with Gasteiger partial charge in [0.15, 0.2) is 0 Å². The summed E-state index contributed by atoms with van der Waals surface area (Å²) in [4.78, 5) is 43.9. The molecule has 0 saturated carbocycles. The zero-order valence-corrected chi connectivity index (χ0v) is 17.1. The lowest BCUT2D eigenvalue weighted by molar-refractivity contribution is -0.133. The van der Waals surface area contributed by atoms with Crippen molar-refractivity contribution >= 4 is 28.5 Å². The van der Waals surface area contributed by atoms with Crippen molar-refractivity contribution in [3.63, 3.8) is 0 Å². The monoisotopic (exact) mass is 393 g/mol. The van der Waals surface area contributed by atoms with Gasteiger partial charge < -0.3 is 4.90 Å². The zero-order chi connectivity index (χ0) is 20.5. The van der Waals surface area contributed by atoms with Gasteiger partial charge in [-0.15, -0.1) is 0 Å². The number of nitrogens with zero attached hydrogens (tertiary/aromatic N) is 3. The van der Waals surface area contributed by atoms with E-state index in [1.54, 1.807) is 12.1 Å². The van der Waals surface area contributed by atoms with Crippen LogP contribution in [-0.2, 0) is 4.79 Å². The highest BCUT2D eigenvalue weighted by Crippen LogP contribution is 2.30. The predicted molar refractivity (Wildman–Crippen MR) is 112 cm³/mol. The minimum Gasteiger partial charge on any atom is -0.340 e. The van der Waals surface area contributed by atoms with Crippen LogP contribution in [0, 0.1) is 0 Å². The molecule has 2 aromatic rings. The molecule has 0 aliphatic carbocycles. The summed E-state index contributed by atoms with van der Waals surface area (Å²) in [6.45, 7) is 7.88. The molecule has 152 valence electrons. The van der Waals surface area contributed by atoms with Crippen LogP contribution in [0.15, 0.2) is 36.4 Å². The lowest BCUT2D eigenvalue weighted by Crippen LogP contribution is -2.50. The summed E-state index contributed by atoms with van der Waals surface area (Å²) in [5.74, 6) is -0.428. The summed E-state index contributed by atoms with van der Waals surface area (Å²) < 4.78 is 0. The number of piperazine rings is 1. The number of benzene rings is 2. The maximum absolute atomic E-state index is 12.9. The van der Waals surface area contributed by atoms with Gasteiger partial charge >= 0.3 is 0 Å². The highest BCUT2D eigenvalue weighted by molar-refractivity contribution is 6.25. The second-order valence-corrected chi connectivity index (χ2v) is 8.09. The van der Waals surface area contributed by atoms with Crippen LogP contribution in [0.4, 0.5) is 0 Å². The maximum atomic E-state index is 12.9. The number of carbonyl (C=O) groups is 3. The summed E-state index contributed by atoms with van der Waals surface area (Å²) in [5, 5.41) is 1.64. The maximum Gasteiger partial charge on any atom is 0.261 e. The smallest absolute Gasteiger partial charge is 0.261 e. The number of hydrogen-bond donors (Lipinski definition) is 0. The molecule has 29 heavy (non-hydrogen) atoms. The molecule has 1 saturated heterocycles. The molecule has 0 unspecified atom stereocenters. The first-order valence-corrected chi connectivity index (χ1v) is 10.4. The number of amides is 3. The molecule has 2 aliphatic heterocycles.